The van der Waals surface area contributed by atoms with Crippen LogP contribution in [0.15, 0.2) is 21.5 Å². The number of rotatable bonds is 6. The van der Waals surface area contributed by atoms with E-state index in [1.54, 1.807) is 6.08 Å². The van der Waals surface area contributed by atoms with Gasteiger partial charge < -0.3 is 9.52 Å². The fourth-order valence-corrected chi connectivity index (χ4v) is 3.16. The van der Waals surface area contributed by atoms with E-state index in [0.717, 1.165) is 12.2 Å². The van der Waals surface area contributed by atoms with Crippen molar-refractivity contribution in [2.75, 3.05) is 6.54 Å². The van der Waals surface area contributed by atoms with Crippen molar-refractivity contribution in [3.05, 3.63) is 28.6 Å². The highest BCUT2D eigenvalue weighted by Crippen LogP contribution is 2.33. The molecule has 1 N–H and O–H groups in total. The molecule has 0 unspecified atom stereocenters. The number of hydrogen-bond acceptors (Lipinski definition) is 5. The molecule has 1 aliphatic rings. The SMILES string of the molecule is CCc1ccc(/C=C2\SC(=S)N(CCCC(=O)O)C2=O)o1. The number of carboxylic acid groups (broad SMARTS) is 1. The van der Waals surface area contributed by atoms with Crippen molar-refractivity contribution in [3.8, 4) is 0 Å². The van der Waals surface area contributed by atoms with E-state index in [4.69, 9.17) is 21.7 Å². The molecule has 0 atom stereocenters. The Bertz CT molecular complexity index is 606. The molecule has 1 saturated heterocycles. The van der Waals surface area contributed by atoms with Gasteiger partial charge in [-0.15, -0.1) is 0 Å². The van der Waals surface area contributed by atoms with Crippen LogP contribution in [0, 0.1) is 0 Å². The van der Waals surface area contributed by atoms with E-state index >= 15 is 0 Å². The summed E-state index contributed by atoms with van der Waals surface area (Å²) in [6, 6.07) is 3.69. The highest BCUT2D eigenvalue weighted by Gasteiger charge is 2.31. The minimum Gasteiger partial charge on any atom is -0.481 e. The van der Waals surface area contributed by atoms with Crippen LogP contribution in [0.25, 0.3) is 6.08 Å². The molecule has 112 valence electrons. The Morgan fingerprint density at radius 3 is 2.90 bits per heavy atom. The third-order valence-electron chi connectivity index (χ3n) is 2.95. The summed E-state index contributed by atoms with van der Waals surface area (Å²) in [5.74, 6) is 0.416. The average molecular weight is 325 g/mol. The van der Waals surface area contributed by atoms with E-state index < -0.39 is 5.97 Å². The van der Waals surface area contributed by atoms with Crippen LogP contribution in [0.5, 0.6) is 0 Å². The third-order valence-corrected chi connectivity index (χ3v) is 4.33. The number of carbonyl (C=O) groups is 2. The number of amides is 1. The van der Waals surface area contributed by atoms with Crippen molar-refractivity contribution in [2.45, 2.75) is 26.2 Å². The largest absolute Gasteiger partial charge is 0.481 e. The maximum atomic E-state index is 12.2. The monoisotopic (exact) mass is 325 g/mol. The lowest BCUT2D eigenvalue weighted by Crippen LogP contribution is -2.29. The molecule has 1 aromatic heterocycles. The standard InChI is InChI=1S/C14H15NO4S2/c1-2-9-5-6-10(19-9)8-11-13(18)15(14(20)21-11)7-3-4-12(16)17/h5-6,8H,2-4,7H2,1H3,(H,16,17)/b11-8-. The van der Waals surface area contributed by atoms with Gasteiger partial charge in [0.25, 0.3) is 5.91 Å². The first-order chi connectivity index (χ1) is 10.0. The first-order valence-electron chi connectivity index (χ1n) is 6.57. The Morgan fingerprint density at radius 2 is 2.29 bits per heavy atom. The number of aliphatic carboxylic acids is 1. The maximum absolute atomic E-state index is 12.2. The van der Waals surface area contributed by atoms with Crippen LogP contribution in [0.2, 0.25) is 0 Å². The van der Waals surface area contributed by atoms with Crippen LogP contribution in [-0.2, 0) is 16.0 Å². The van der Waals surface area contributed by atoms with E-state index in [1.165, 1.54) is 16.7 Å². The fraction of sp³-hybridized carbons (Fsp3) is 0.357. The minimum atomic E-state index is -0.876. The lowest BCUT2D eigenvalue weighted by atomic mass is 10.3. The molecule has 0 saturated carbocycles. The summed E-state index contributed by atoms with van der Waals surface area (Å²) >= 11 is 6.38. The van der Waals surface area contributed by atoms with E-state index in [1.807, 2.05) is 19.1 Å². The van der Waals surface area contributed by atoms with Crippen LogP contribution in [0.4, 0.5) is 0 Å². The van der Waals surface area contributed by atoms with Crippen LogP contribution in [0.3, 0.4) is 0 Å². The molecule has 0 bridgehead atoms. The second-order valence-electron chi connectivity index (χ2n) is 4.49. The molecule has 1 amide bonds. The molecule has 1 fully saturated rings. The Hall–Kier alpha value is -1.60. The zero-order valence-corrected chi connectivity index (χ0v) is 13.1. The lowest BCUT2D eigenvalue weighted by Gasteiger charge is -2.13. The Kier molecular flexibility index (Phi) is 5.19. The fourth-order valence-electron chi connectivity index (χ4n) is 1.87. The number of carbonyl (C=O) groups excluding carboxylic acids is 1. The molecule has 0 aromatic carbocycles. The summed E-state index contributed by atoms with van der Waals surface area (Å²) in [7, 11) is 0. The van der Waals surface area contributed by atoms with Crippen molar-refractivity contribution in [1.29, 1.82) is 0 Å². The number of hydrogen-bond donors (Lipinski definition) is 1. The van der Waals surface area contributed by atoms with E-state index in [0.29, 0.717) is 28.0 Å². The number of thiocarbonyl (C=S) groups is 1. The van der Waals surface area contributed by atoms with Gasteiger partial charge in [0.1, 0.15) is 15.8 Å². The highest BCUT2D eigenvalue weighted by atomic mass is 32.2. The van der Waals surface area contributed by atoms with Crippen LogP contribution in [0.1, 0.15) is 31.3 Å². The predicted molar refractivity (Wildman–Crippen MR) is 84.8 cm³/mol. The number of thioether (sulfide) groups is 1. The maximum Gasteiger partial charge on any atom is 0.303 e. The molecule has 0 aliphatic carbocycles. The second kappa shape index (κ2) is 6.91. The molecule has 0 spiro atoms. The van der Waals surface area contributed by atoms with E-state index in [2.05, 4.69) is 0 Å². The lowest BCUT2D eigenvalue weighted by molar-refractivity contribution is -0.137. The molecule has 7 heteroatoms. The van der Waals surface area contributed by atoms with Crippen molar-refractivity contribution in [3.63, 3.8) is 0 Å². The Morgan fingerprint density at radius 1 is 1.52 bits per heavy atom. The van der Waals surface area contributed by atoms with Gasteiger partial charge in [0.05, 0.1) is 4.91 Å². The molecule has 2 rings (SSSR count). The van der Waals surface area contributed by atoms with Gasteiger partial charge in [0.15, 0.2) is 0 Å². The summed E-state index contributed by atoms with van der Waals surface area (Å²) in [5, 5.41) is 8.63. The topological polar surface area (TPSA) is 70.8 Å². The summed E-state index contributed by atoms with van der Waals surface area (Å²) in [6.07, 6.45) is 2.88. The highest BCUT2D eigenvalue weighted by molar-refractivity contribution is 8.26. The molecular weight excluding hydrogens is 310 g/mol. The number of aryl methyl sites for hydroxylation is 1. The van der Waals surface area contributed by atoms with Crippen LogP contribution >= 0.6 is 24.0 Å². The predicted octanol–water partition coefficient (Wildman–Crippen LogP) is 2.91. The molecule has 21 heavy (non-hydrogen) atoms. The third kappa shape index (κ3) is 3.95. The van der Waals surface area contributed by atoms with Gasteiger partial charge in [-0.3, -0.25) is 14.5 Å². The Balaban J connectivity index is 2.04. The average Bonchev–Trinajstić information content (AvgIpc) is 2.98. The van der Waals surface area contributed by atoms with E-state index in [-0.39, 0.29) is 12.3 Å². The molecule has 0 radical (unpaired) electrons. The van der Waals surface area contributed by atoms with E-state index in [9.17, 15) is 9.59 Å². The van der Waals surface area contributed by atoms with Gasteiger partial charge in [0.2, 0.25) is 0 Å². The normalized spacial score (nSPS) is 17.0. The first kappa shape index (κ1) is 15.8. The number of carboxylic acids is 1. The Labute approximate surface area is 132 Å². The summed E-state index contributed by atoms with van der Waals surface area (Å²) in [6.45, 7) is 2.32. The van der Waals surface area contributed by atoms with Gasteiger partial charge in [-0.1, -0.05) is 30.9 Å². The van der Waals surface area contributed by atoms with Gasteiger partial charge in [-0.25, -0.2) is 0 Å². The zero-order chi connectivity index (χ0) is 15.4. The molecule has 1 aromatic rings. The zero-order valence-electron chi connectivity index (χ0n) is 11.5. The number of nitrogens with zero attached hydrogens (tertiary/aromatic N) is 1. The van der Waals surface area contributed by atoms with Gasteiger partial charge in [-0.2, -0.15) is 0 Å². The summed E-state index contributed by atoms with van der Waals surface area (Å²) in [5.41, 5.74) is 0. The quantitative estimate of drug-likeness (QED) is 0.640. The molecule has 1 aliphatic heterocycles. The molecule has 5 nitrogen and oxygen atoms in total. The van der Waals surface area contributed by atoms with Gasteiger partial charge in [-0.05, 0) is 18.6 Å². The van der Waals surface area contributed by atoms with Gasteiger partial charge in [0, 0.05) is 25.5 Å². The van der Waals surface area contributed by atoms with Crippen molar-refractivity contribution < 1.29 is 19.1 Å². The van der Waals surface area contributed by atoms with Crippen molar-refractivity contribution >= 4 is 46.3 Å². The second-order valence-corrected chi connectivity index (χ2v) is 6.16. The molecular formula is C14H15NO4S2. The van der Waals surface area contributed by atoms with Crippen LogP contribution < -0.4 is 0 Å². The first-order valence-corrected chi connectivity index (χ1v) is 7.79. The summed E-state index contributed by atoms with van der Waals surface area (Å²) in [4.78, 5) is 24.7. The number of furan rings is 1. The van der Waals surface area contributed by atoms with Crippen LogP contribution in [-0.4, -0.2) is 32.7 Å². The van der Waals surface area contributed by atoms with Crippen molar-refractivity contribution in [2.24, 2.45) is 0 Å². The minimum absolute atomic E-state index is 0.0220. The smallest absolute Gasteiger partial charge is 0.303 e. The molecule has 2 heterocycles. The van der Waals surface area contributed by atoms with Crippen molar-refractivity contribution in [1.82, 2.24) is 4.90 Å². The van der Waals surface area contributed by atoms with Gasteiger partial charge >= 0.3 is 5.97 Å². The summed E-state index contributed by atoms with van der Waals surface area (Å²) < 4.78 is 6.00.